The van der Waals surface area contributed by atoms with Crippen LogP contribution in [0.1, 0.15) is 52.4 Å². The lowest BCUT2D eigenvalue weighted by Gasteiger charge is -2.56. The number of hydrogen-bond donors (Lipinski definition) is 0. The van der Waals surface area contributed by atoms with Crippen LogP contribution >= 0.6 is 0 Å². The minimum Gasteiger partial charge on any atom is -0.294 e. The van der Waals surface area contributed by atoms with Crippen molar-refractivity contribution in [1.29, 1.82) is 0 Å². The third-order valence-electron chi connectivity index (χ3n) is 8.34. The molecule has 0 N–H and O–H groups in total. The summed E-state index contributed by atoms with van der Waals surface area (Å²) in [4.78, 5) is 16.7. The van der Waals surface area contributed by atoms with Gasteiger partial charge in [0.15, 0.2) is 5.78 Å². The van der Waals surface area contributed by atoms with Crippen LogP contribution in [-0.2, 0) is 4.79 Å². The Balaban J connectivity index is 1.53. The van der Waals surface area contributed by atoms with Crippen LogP contribution in [0.4, 0.5) is 0 Å². The number of fused-ring (bicyclic) bond motifs is 4. The first-order chi connectivity index (χ1) is 11.0. The van der Waals surface area contributed by atoms with Crippen molar-refractivity contribution in [3.8, 4) is 0 Å². The van der Waals surface area contributed by atoms with Crippen molar-refractivity contribution < 1.29 is 4.79 Å². The third-order valence-corrected chi connectivity index (χ3v) is 8.34. The number of carbonyl (C=O) groups excluding carboxylic acids is 1. The van der Waals surface area contributed by atoms with Crippen molar-refractivity contribution in [2.45, 2.75) is 58.4 Å². The number of nitrogens with zero attached hydrogens (tertiary/aromatic N) is 1. The van der Waals surface area contributed by atoms with Gasteiger partial charge in [0.2, 0.25) is 0 Å². The molecule has 2 nitrogen and oxygen atoms in total. The van der Waals surface area contributed by atoms with Crippen LogP contribution in [0.25, 0.3) is 0 Å². The van der Waals surface area contributed by atoms with E-state index in [1.165, 1.54) is 37.7 Å². The first kappa shape index (κ1) is 14.2. The van der Waals surface area contributed by atoms with Crippen LogP contribution in [0.15, 0.2) is 28.8 Å². The molecule has 0 radical (unpaired) electrons. The molecule has 23 heavy (non-hydrogen) atoms. The Kier molecular flexibility index (Phi) is 2.75. The van der Waals surface area contributed by atoms with Gasteiger partial charge in [-0.05, 0) is 81.3 Å². The van der Waals surface area contributed by atoms with E-state index in [1.54, 1.807) is 0 Å². The van der Waals surface area contributed by atoms with Gasteiger partial charge in [0.1, 0.15) is 0 Å². The minimum atomic E-state index is 0.137. The molecule has 5 aliphatic rings. The Morgan fingerprint density at radius 3 is 2.83 bits per heavy atom. The summed E-state index contributed by atoms with van der Waals surface area (Å²) in [6, 6.07) is 0.540. The largest absolute Gasteiger partial charge is 0.294 e. The molecule has 2 heteroatoms. The van der Waals surface area contributed by atoms with E-state index in [1.807, 2.05) is 12.2 Å². The molecule has 3 saturated carbocycles. The Hall–Kier alpha value is -1.18. The zero-order valence-corrected chi connectivity index (χ0v) is 14.3. The smallest absolute Gasteiger partial charge is 0.178 e. The second kappa shape index (κ2) is 4.46. The molecule has 1 aliphatic heterocycles. The molecular formula is C21H27NO. The summed E-state index contributed by atoms with van der Waals surface area (Å²) in [5.74, 6) is 3.39. The number of rotatable bonds is 0. The monoisotopic (exact) mass is 309 g/mol. The summed E-state index contributed by atoms with van der Waals surface area (Å²) in [6.07, 6.45) is 16.2. The predicted octanol–water partition coefficient (Wildman–Crippen LogP) is 4.36. The van der Waals surface area contributed by atoms with E-state index >= 15 is 0 Å². The molecule has 1 heterocycles. The third kappa shape index (κ3) is 1.65. The quantitative estimate of drug-likeness (QED) is 0.653. The first-order valence-corrected chi connectivity index (χ1v) is 9.53. The molecule has 3 fully saturated rings. The fraction of sp³-hybridized carbons (Fsp3) is 0.714. The highest BCUT2D eigenvalue weighted by molar-refractivity contribution is 6.01. The van der Waals surface area contributed by atoms with Gasteiger partial charge in [0.05, 0.1) is 6.04 Å². The van der Waals surface area contributed by atoms with Crippen molar-refractivity contribution in [1.82, 2.24) is 0 Å². The van der Waals surface area contributed by atoms with Gasteiger partial charge in [-0.15, -0.1) is 0 Å². The zero-order valence-electron chi connectivity index (χ0n) is 14.3. The van der Waals surface area contributed by atoms with Gasteiger partial charge in [-0.2, -0.15) is 0 Å². The lowest BCUT2D eigenvalue weighted by atomic mass is 9.47. The van der Waals surface area contributed by atoms with E-state index in [-0.39, 0.29) is 11.2 Å². The molecule has 0 saturated heterocycles. The summed E-state index contributed by atoms with van der Waals surface area (Å²) in [6.45, 7) is 4.72. The second-order valence-electron chi connectivity index (χ2n) is 8.96. The van der Waals surface area contributed by atoms with Crippen molar-refractivity contribution in [3.63, 3.8) is 0 Å². The lowest BCUT2D eigenvalue weighted by molar-refractivity contribution is -0.111. The number of aliphatic imine (C=N–C) groups is 1. The summed E-state index contributed by atoms with van der Waals surface area (Å²) >= 11 is 0. The molecule has 0 unspecified atom stereocenters. The Morgan fingerprint density at radius 2 is 1.96 bits per heavy atom. The highest BCUT2D eigenvalue weighted by atomic mass is 16.1. The average molecular weight is 309 g/mol. The molecule has 1 spiro atoms. The maximum Gasteiger partial charge on any atom is 0.178 e. The van der Waals surface area contributed by atoms with Crippen LogP contribution in [0.3, 0.4) is 0 Å². The summed E-state index contributed by atoms with van der Waals surface area (Å²) in [5.41, 5.74) is 1.97. The van der Waals surface area contributed by atoms with Gasteiger partial charge < -0.3 is 0 Å². The molecule has 0 aromatic heterocycles. The summed E-state index contributed by atoms with van der Waals surface area (Å²) < 4.78 is 0. The topological polar surface area (TPSA) is 29.4 Å². The molecule has 7 atom stereocenters. The molecule has 122 valence electrons. The van der Waals surface area contributed by atoms with Crippen LogP contribution in [0.5, 0.6) is 0 Å². The van der Waals surface area contributed by atoms with Crippen LogP contribution in [0.2, 0.25) is 0 Å². The van der Waals surface area contributed by atoms with Crippen LogP contribution in [-0.4, -0.2) is 18.0 Å². The van der Waals surface area contributed by atoms with Crippen LogP contribution < -0.4 is 0 Å². The average Bonchev–Trinajstić information content (AvgIpc) is 3.06. The number of allylic oxidation sites excluding steroid dienone is 4. The van der Waals surface area contributed by atoms with Crippen molar-refractivity contribution >= 4 is 12.0 Å². The Morgan fingerprint density at radius 1 is 1.13 bits per heavy atom. The first-order valence-electron chi connectivity index (χ1n) is 9.53. The van der Waals surface area contributed by atoms with Gasteiger partial charge in [0, 0.05) is 17.0 Å². The number of hydrogen-bond acceptors (Lipinski definition) is 2. The van der Waals surface area contributed by atoms with Gasteiger partial charge in [-0.1, -0.05) is 18.6 Å². The predicted molar refractivity (Wildman–Crippen MR) is 92.4 cm³/mol. The molecular weight excluding hydrogens is 282 g/mol. The molecule has 0 aromatic carbocycles. The van der Waals surface area contributed by atoms with Gasteiger partial charge in [-0.3, -0.25) is 9.79 Å². The number of ketones is 1. The molecule has 0 bridgehead atoms. The highest BCUT2D eigenvalue weighted by Crippen LogP contribution is 2.67. The van der Waals surface area contributed by atoms with Crippen molar-refractivity contribution in [3.05, 3.63) is 23.8 Å². The van der Waals surface area contributed by atoms with Crippen molar-refractivity contribution in [2.75, 3.05) is 0 Å². The molecule has 4 aliphatic carbocycles. The maximum atomic E-state index is 11.8. The van der Waals surface area contributed by atoms with Gasteiger partial charge in [-0.25, -0.2) is 0 Å². The van der Waals surface area contributed by atoms with E-state index in [0.29, 0.717) is 11.5 Å². The van der Waals surface area contributed by atoms with E-state index in [4.69, 9.17) is 4.99 Å². The number of carbonyl (C=O) groups is 1. The lowest BCUT2D eigenvalue weighted by Crippen LogP contribution is -2.50. The Bertz CT molecular complexity index is 659. The standard InChI is InChI=1S/C21H27NO/c1-13-17-5-6-19-16-4-3-14-11-15(23)7-9-20(14,2)18(16)8-10-21(17,19)12-22-13/h7,9,11-13,16-19H,3-6,8,10H2,1-2H3/t13-,16+,17-,18-,19-,20+,21+/m0/s1. The van der Waals surface area contributed by atoms with E-state index in [0.717, 1.165) is 30.1 Å². The zero-order chi connectivity index (χ0) is 15.8. The summed E-state index contributed by atoms with van der Waals surface area (Å²) in [5, 5.41) is 0. The maximum absolute atomic E-state index is 11.8. The fourth-order valence-electron chi connectivity index (χ4n) is 7.27. The van der Waals surface area contributed by atoms with Crippen LogP contribution in [0, 0.1) is 34.5 Å². The highest BCUT2D eigenvalue weighted by Gasteiger charge is 2.61. The molecule has 0 aromatic rings. The molecule has 0 amide bonds. The normalized spacial score (nSPS) is 53.4. The van der Waals surface area contributed by atoms with Gasteiger partial charge >= 0.3 is 0 Å². The minimum absolute atomic E-state index is 0.137. The van der Waals surface area contributed by atoms with E-state index < -0.39 is 0 Å². The summed E-state index contributed by atoms with van der Waals surface area (Å²) in [7, 11) is 0. The Labute approximate surface area is 139 Å². The molecule has 5 rings (SSSR count). The SMILES string of the molecule is C[C@@H]1N=C[C@@]23CC[C@H]4[C@@H](CCC5=CC(=O)C=C[C@]54C)[C@@H]2CC[C@@H]13. The van der Waals surface area contributed by atoms with Gasteiger partial charge in [0.25, 0.3) is 0 Å². The van der Waals surface area contributed by atoms with Crippen molar-refractivity contribution in [2.24, 2.45) is 39.5 Å². The van der Waals surface area contributed by atoms with E-state index in [2.05, 4.69) is 26.1 Å². The fourth-order valence-corrected chi connectivity index (χ4v) is 7.27. The van der Waals surface area contributed by atoms with E-state index in [9.17, 15) is 4.79 Å². The second-order valence-corrected chi connectivity index (χ2v) is 8.96.